The maximum absolute atomic E-state index is 13.3. The fraction of sp³-hybridized carbons (Fsp3) is 0.250. The number of amides is 1. The molecule has 0 unspecified atom stereocenters. The molecule has 1 aliphatic rings. The van der Waals surface area contributed by atoms with Crippen molar-refractivity contribution >= 4 is 11.6 Å². The van der Waals surface area contributed by atoms with Gasteiger partial charge in [0.2, 0.25) is 0 Å². The van der Waals surface area contributed by atoms with Gasteiger partial charge < -0.3 is 9.64 Å². The summed E-state index contributed by atoms with van der Waals surface area (Å²) in [5.41, 5.74) is 3.25. The molecule has 4 rings (SSSR count). The summed E-state index contributed by atoms with van der Waals surface area (Å²) in [6.07, 6.45) is 4.11. The summed E-state index contributed by atoms with van der Waals surface area (Å²) in [6.45, 7) is 5.12. The molecule has 1 aliphatic heterocycles. The van der Waals surface area contributed by atoms with E-state index >= 15 is 0 Å². The molecule has 0 fully saturated rings. The van der Waals surface area contributed by atoms with Crippen LogP contribution in [0.25, 0.3) is 5.82 Å². The van der Waals surface area contributed by atoms with Crippen molar-refractivity contribution in [1.82, 2.24) is 14.8 Å². The highest BCUT2D eigenvalue weighted by atomic mass is 16.5. The van der Waals surface area contributed by atoms with Crippen LogP contribution in [0.5, 0.6) is 5.75 Å². The van der Waals surface area contributed by atoms with Crippen molar-refractivity contribution in [2.45, 2.75) is 20.3 Å². The lowest BCUT2D eigenvalue weighted by Crippen LogP contribution is -2.31. The van der Waals surface area contributed by atoms with Gasteiger partial charge in [0, 0.05) is 12.7 Å². The zero-order valence-electron chi connectivity index (χ0n) is 14.8. The Morgan fingerprint density at radius 2 is 2.08 bits per heavy atom. The van der Waals surface area contributed by atoms with Crippen LogP contribution in [0, 0.1) is 13.8 Å². The highest BCUT2D eigenvalue weighted by Crippen LogP contribution is 2.33. The van der Waals surface area contributed by atoms with Crippen LogP contribution in [-0.4, -0.2) is 33.8 Å². The monoisotopic (exact) mass is 348 g/mol. The Labute approximate surface area is 152 Å². The molecule has 6 heteroatoms. The van der Waals surface area contributed by atoms with Crippen molar-refractivity contribution in [3.63, 3.8) is 0 Å². The number of nitrogens with zero attached hydrogens (tertiary/aromatic N) is 4. The molecule has 0 saturated heterocycles. The van der Waals surface area contributed by atoms with Crippen LogP contribution in [0.15, 0.2) is 48.8 Å². The third-order valence-corrected chi connectivity index (χ3v) is 4.54. The first-order valence-electron chi connectivity index (χ1n) is 8.66. The van der Waals surface area contributed by atoms with Gasteiger partial charge in [-0.05, 0) is 50.1 Å². The number of fused-ring (bicyclic) bond motifs is 1. The Balaban J connectivity index is 1.73. The average molecular weight is 348 g/mol. The molecule has 0 N–H and O–H groups in total. The number of anilines is 1. The minimum absolute atomic E-state index is 0.0676. The minimum Gasteiger partial charge on any atom is -0.491 e. The molecule has 0 radical (unpaired) electrons. The van der Waals surface area contributed by atoms with E-state index in [1.54, 1.807) is 22.0 Å². The Morgan fingerprint density at radius 3 is 2.88 bits per heavy atom. The molecule has 1 aromatic carbocycles. The summed E-state index contributed by atoms with van der Waals surface area (Å²) in [7, 11) is 0. The van der Waals surface area contributed by atoms with Crippen LogP contribution in [0.3, 0.4) is 0 Å². The SMILES string of the molecule is Cc1ccc2c(c1)N(C(=O)c1cnn(-c3ccccn3)c1C)CCCO2. The minimum atomic E-state index is -0.0676. The second-order valence-electron chi connectivity index (χ2n) is 6.37. The molecule has 3 heterocycles. The van der Waals surface area contributed by atoms with Crippen LogP contribution in [0.1, 0.15) is 28.0 Å². The van der Waals surface area contributed by atoms with Gasteiger partial charge in [0.25, 0.3) is 5.91 Å². The van der Waals surface area contributed by atoms with Crippen LogP contribution in [-0.2, 0) is 0 Å². The molecular formula is C20H20N4O2. The van der Waals surface area contributed by atoms with Gasteiger partial charge in [-0.3, -0.25) is 4.79 Å². The first-order valence-corrected chi connectivity index (χ1v) is 8.66. The van der Waals surface area contributed by atoms with Crippen molar-refractivity contribution in [2.75, 3.05) is 18.1 Å². The molecule has 26 heavy (non-hydrogen) atoms. The van der Waals surface area contributed by atoms with E-state index in [1.165, 1.54) is 0 Å². The second-order valence-corrected chi connectivity index (χ2v) is 6.37. The Kier molecular flexibility index (Phi) is 4.16. The zero-order chi connectivity index (χ0) is 18.1. The molecule has 2 aromatic heterocycles. The molecule has 3 aromatic rings. The van der Waals surface area contributed by atoms with E-state index in [4.69, 9.17) is 4.74 Å². The third kappa shape index (κ3) is 2.83. The lowest BCUT2D eigenvalue weighted by molar-refractivity contribution is 0.0986. The molecule has 0 atom stereocenters. The summed E-state index contributed by atoms with van der Waals surface area (Å²) in [5, 5.41) is 4.37. The van der Waals surface area contributed by atoms with Crippen molar-refractivity contribution < 1.29 is 9.53 Å². The van der Waals surface area contributed by atoms with E-state index in [1.807, 2.05) is 50.2 Å². The Bertz CT molecular complexity index is 950. The fourth-order valence-electron chi connectivity index (χ4n) is 3.17. The number of aromatic nitrogens is 3. The first kappa shape index (κ1) is 16.3. The van der Waals surface area contributed by atoms with Crippen molar-refractivity contribution in [1.29, 1.82) is 0 Å². The predicted molar refractivity (Wildman–Crippen MR) is 99.1 cm³/mol. The second kappa shape index (κ2) is 6.63. The molecule has 132 valence electrons. The Hall–Kier alpha value is -3.15. The number of carbonyl (C=O) groups is 1. The van der Waals surface area contributed by atoms with Crippen molar-refractivity contribution in [3.8, 4) is 11.6 Å². The topological polar surface area (TPSA) is 60.2 Å². The number of carbonyl (C=O) groups excluding carboxylic acids is 1. The summed E-state index contributed by atoms with van der Waals surface area (Å²) in [5.74, 6) is 1.37. The number of aryl methyl sites for hydroxylation is 1. The van der Waals surface area contributed by atoms with Gasteiger partial charge in [-0.15, -0.1) is 0 Å². The third-order valence-electron chi connectivity index (χ3n) is 4.54. The average Bonchev–Trinajstić information content (AvgIpc) is 2.91. The molecule has 0 bridgehead atoms. The van der Waals surface area contributed by atoms with Gasteiger partial charge in [-0.25, -0.2) is 9.67 Å². The van der Waals surface area contributed by atoms with Crippen LogP contribution in [0.4, 0.5) is 5.69 Å². The van der Waals surface area contributed by atoms with Gasteiger partial charge in [0.15, 0.2) is 5.82 Å². The van der Waals surface area contributed by atoms with Crippen LogP contribution >= 0.6 is 0 Å². The van der Waals surface area contributed by atoms with E-state index in [0.717, 1.165) is 29.1 Å². The highest BCUT2D eigenvalue weighted by Gasteiger charge is 2.26. The summed E-state index contributed by atoms with van der Waals surface area (Å²) < 4.78 is 7.49. The molecule has 0 spiro atoms. The smallest absolute Gasteiger partial charge is 0.261 e. The summed E-state index contributed by atoms with van der Waals surface area (Å²) in [4.78, 5) is 19.4. The zero-order valence-corrected chi connectivity index (χ0v) is 14.8. The number of hydrogen-bond acceptors (Lipinski definition) is 4. The van der Waals surface area contributed by atoms with Crippen molar-refractivity contribution in [2.24, 2.45) is 0 Å². The lowest BCUT2D eigenvalue weighted by Gasteiger charge is -2.22. The largest absolute Gasteiger partial charge is 0.491 e. The maximum atomic E-state index is 13.3. The van der Waals surface area contributed by atoms with E-state index in [-0.39, 0.29) is 5.91 Å². The normalized spacial score (nSPS) is 13.7. The summed E-state index contributed by atoms with van der Waals surface area (Å²) in [6, 6.07) is 11.5. The van der Waals surface area contributed by atoms with E-state index in [2.05, 4.69) is 10.1 Å². The van der Waals surface area contributed by atoms with Crippen LogP contribution < -0.4 is 9.64 Å². The number of rotatable bonds is 2. The molecular weight excluding hydrogens is 328 g/mol. The number of ether oxygens (including phenoxy) is 1. The molecule has 1 amide bonds. The van der Waals surface area contributed by atoms with Crippen LogP contribution in [0.2, 0.25) is 0 Å². The van der Waals surface area contributed by atoms with Gasteiger partial charge in [-0.2, -0.15) is 5.10 Å². The van der Waals surface area contributed by atoms with E-state index in [0.29, 0.717) is 24.5 Å². The van der Waals surface area contributed by atoms with Gasteiger partial charge in [-0.1, -0.05) is 12.1 Å². The standard InChI is InChI=1S/C20H20N4O2/c1-14-7-8-18-17(12-14)23(10-5-11-26-18)20(25)16-13-22-24(15(16)2)19-6-3-4-9-21-19/h3-4,6-9,12-13H,5,10-11H2,1-2H3. The first-order chi connectivity index (χ1) is 12.6. The summed E-state index contributed by atoms with van der Waals surface area (Å²) >= 11 is 0. The quantitative estimate of drug-likeness (QED) is 0.713. The van der Waals surface area contributed by atoms with Gasteiger partial charge in [0.05, 0.1) is 29.7 Å². The highest BCUT2D eigenvalue weighted by molar-refractivity contribution is 6.07. The van der Waals surface area contributed by atoms with E-state index in [9.17, 15) is 4.79 Å². The van der Waals surface area contributed by atoms with Gasteiger partial charge in [0.1, 0.15) is 5.75 Å². The predicted octanol–water partition coefficient (Wildman–Crippen LogP) is 3.31. The molecule has 0 aliphatic carbocycles. The van der Waals surface area contributed by atoms with E-state index < -0.39 is 0 Å². The fourth-order valence-corrected chi connectivity index (χ4v) is 3.17. The van der Waals surface area contributed by atoms with Crippen molar-refractivity contribution in [3.05, 3.63) is 65.6 Å². The number of hydrogen-bond donors (Lipinski definition) is 0. The number of benzene rings is 1. The Morgan fingerprint density at radius 1 is 1.19 bits per heavy atom. The molecule has 0 saturated carbocycles. The lowest BCUT2D eigenvalue weighted by atomic mass is 10.1. The van der Waals surface area contributed by atoms with Gasteiger partial charge >= 0.3 is 0 Å². The molecule has 6 nitrogen and oxygen atoms in total. The number of pyridine rings is 1. The maximum Gasteiger partial charge on any atom is 0.261 e.